The highest BCUT2D eigenvalue weighted by Gasteiger charge is 2.60. The van der Waals surface area contributed by atoms with Crippen LogP contribution < -0.4 is 0 Å². The quantitative estimate of drug-likeness (QED) is 0.764. The third kappa shape index (κ3) is 2.36. The topological polar surface area (TPSA) is 20.3 Å². The van der Waals surface area contributed by atoms with Crippen LogP contribution in [0.15, 0.2) is 30.3 Å². The Bertz CT molecular complexity index is 570. The van der Waals surface area contributed by atoms with Crippen LogP contribution in [-0.4, -0.2) is 22.7 Å². The molecular formula is C19H24ClNO. The van der Waals surface area contributed by atoms with E-state index in [2.05, 4.69) is 12.1 Å². The van der Waals surface area contributed by atoms with E-state index in [1.54, 1.807) is 0 Å². The first-order valence-electron chi connectivity index (χ1n) is 8.47. The molecule has 0 aromatic heterocycles. The van der Waals surface area contributed by atoms with E-state index in [0.29, 0.717) is 24.3 Å². The van der Waals surface area contributed by atoms with Crippen molar-refractivity contribution in [2.24, 2.45) is 17.3 Å². The third-order valence-corrected chi connectivity index (χ3v) is 6.49. The average molecular weight is 318 g/mol. The molecule has 0 saturated heterocycles. The maximum atomic E-state index is 13.2. The second-order valence-electron chi connectivity index (χ2n) is 8.04. The maximum absolute atomic E-state index is 13.2. The Morgan fingerprint density at radius 3 is 2.41 bits per heavy atom. The summed E-state index contributed by atoms with van der Waals surface area (Å²) in [5.41, 5.74) is 1.03. The predicted octanol–water partition coefficient (Wildman–Crippen LogP) is 4.22. The van der Waals surface area contributed by atoms with Gasteiger partial charge in [0.05, 0.1) is 5.41 Å². The molecule has 3 heteroatoms. The van der Waals surface area contributed by atoms with Crippen molar-refractivity contribution in [3.63, 3.8) is 0 Å². The van der Waals surface area contributed by atoms with Crippen molar-refractivity contribution in [2.75, 3.05) is 7.05 Å². The van der Waals surface area contributed by atoms with Crippen LogP contribution in [0.5, 0.6) is 0 Å². The van der Waals surface area contributed by atoms with Gasteiger partial charge in [0.15, 0.2) is 0 Å². The molecule has 0 N–H and O–H groups in total. The summed E-state index contributed by atoms with van der Waals surface area (Å²) in [5.74, 6) is 1.68. The van der Waals surface area contributed by atoms with Gasteiger partial charge >= 0.3 is 0 Å². The Morgan fingerprint density at radius 1 is 1.18 bits per heavy atom. The molecular weight excluding hydrogens is 294 g/mol. The summed E-state index contributed by atoms with van der Waals surface area (Å²) >= 11 is 6.86. The summed E-state index contributed by atoms with van der Waals surface area (Å²) < 4.78 is 0. The molecule has 2 nitrogen and oxygen atoms in total. The van der Waals surface area contributed by atoms with Crippen molar-refractivity contribution < 1.29 is 4.79 Å². The Labute approximate surface area is 137 Å². The van der Waals surface area contributed by atoms with Gasteiger partial charge in [-0.05, 0) is 55.9 Å². The molecule has 4 aliphatic carbocycles. The minimum Gasteiger partial charge on any atom is -0.341 e. The van der Waals surface area contributed by atoms with Crippen molar-refractivity contribution in [3.8, 4) is 0 Å². The highest BCUT2D eigenvalue weighted by molar-refractivity contribution is 6.24. The molecule has 4 bridgehead atoms. The van der Waals surface area contributed by atoms with Gasteiger partial charge in [-0.1, -0.05) is 30.3 Å². The SMILES string of the molecule is CN(Cc1ccccc1)C(=O)C12CC3CC(CC(Cl)(C3)C1)C2. The van der Waals surface area contributed by atoms with Gasteiger partial charge in [0, 0.05) is 18.5 Å². The van der Waals surface area contributed by atoms with Crippen molar-refractivity contribution in [1.82, 2.24) is 4.90 Å². The normalized spacial score (nSPS) is 39.0. The number of carbonyl (C=O) groups excluding carboxylic acids is 1. The number of alkyl halides is 1. The van der Waals surface area contributed by atoms with Gasteiger partial charge in [-0.25, -0.2) is 0 Å². The molecule has 4 saturated carbocycles. The van der Waals surface area contributed by atoms with Crippen LogP contribution >= 0.6 is 11.6 Å². The van der Waals surface area contributed by atoms with Gasteiger partial charge < -0.3 is 4.90 Å². The molecule has 118 valence electrons. The summed E-state index contributed by atoms with van der Waals surface area (Å²) in [5, 5.41) is 0. The predicted molar refractivity (Wildman–Crippen MR) is 88.6 cm³/mol. The van der Waals surface area contributed by atoms with Crippen LogP contribution in [0.2, 0.25) is 0 Å². The van der Waals surface area contributed by atoms with Crippen LogP contribution in [0.3, 0.4) is 0 Å². The minimum atomic E-state index is -0.171. The Hall–Kier alpha value is -1.02. The van der Waals surface area contributed by atoms with Gasteiger partial charge in [0.2, 0.25) is 5.91 Å². The number of rotatable bonds is 3. The Kier molecular flexibility index (Phi) is 3.30. The monoisotopic (exact) mass is 317 g/mol. The first-order chi connectivity index (χ1) is 10.5. The Morgan fingerprint density at radius 2 is 1.82 bits per heavy atom. The number of amides is 1. The molecule has 2 unspecified atom stereocenters. The lowest BCUT2D eigenvalue weighted by molar-refractivity contribution is -0.155. The second kappa shape index (κ2) is 4.99. The molecule has 4 fully saturated rings. The van der Waals surface area contributed by atoms with Crippen LogP contribution in [-0.2, 0) is 11.3 Å². The van der Waals surface area contributed by atoms with Crippen LogP contribution in [0.1, 0.15) is 44.1 Å². The molecule has 5 rings (SSSR count). The zero-order chi connectivity index (χ0) is 15.4. The van der Waals surface area contributed by atoms with Gasteiger partial charge in [-0.3, -0.25) is 4.79 Å². The van der Waals surface area contributed by atoms with E-state index in [0.717, 1.165) is 32.1 Å². The van der Waals surface area contributed by atoms with Gasteiger partial charge in [0.25, 0.3) is 0 Å². The van der Waals surface area contributed by atoms with Gasteiger partial charge in [-0.15, -0.1) is 11.6 Å². The van der Waals surface area contributed by atoms with Crippen LogP contribution in [0.25, 0.3) is 0 Å². The van der Waals surface area contributed by atoms with E-state index in [1.807, 2.05) is 30.1 Å². The summed E-state index contributed by atoms with van der Waals surface area (Å²) in [6, 6.07) is 10.3. The molecule has 1 aromatic rings. The second-order valence-corrected chi connectivity index (χ2v) is 8.84. The fourth-order valence-corrected chi connectivity index (χ4v) is 6.43. The number of carbonyl (C=O) groups is 1. The Balaban J connectivity index is 1.55. The first kappa shape index (κ1) is 14.6. The standard InChI is InChI=1S/C19H24ClNO/c1-21(12-14-5-3-2-4-6-14)17(22)18-8-15-7-16(9-18)11-19(20,10-15)13-18/h2-6,15-16H,7-13H2,1H3. The molecule has 1 amide bonds. The van der Waals surface area contributed by atoms with Crippen LogP contribution in [0, 0.1) is 17.3 Å². The molecule has 2 atom stereocenters. The summed E-state index contributed by atoms with van der Waals surface area (Å²) in [6.45, 7) is 0.700. The van der Waals surface area contributed by atoms with Gasteiger partial charge in [-0.2, -0.15) is 0 Å². The van der Waals surface area contributed by atoms with E-state index in [1.165, 1.54) is 12.0 Å². The van der Waals surface area contributed by atoms with E-state index in [4.69, 9.17) is 11.6 Å². The van der Waals surface area contributed by atoms with E-state index < -0.39 is 0 Å². The summed E-state index contributed by atoms with van der Waals surface area (Å²) in [6.07, 6.45) is 6.58. The van der Waals surface area contributed by atoms with Crippen molar-refractivity contribution in [3.05, 3.63) is 35.9 Å². The molecule has 0 heterocycles. The molecule has 22 heavy (non-hydrogen) atoms. The smallest absolute Gasteiger partial charge is 0.228 e. The molecule has 1 aromatic carbocycles. The number of hydrogen-bond acceptors (Lipinski definition) is 1. The maximum Gasteiger partial charge on any atom is 0.228 e. The van der Waals surface area contributed by atoms with E-state index in [-0.39, 0.29) is 10.3 Å². The molecule has 0 aliphatic heterocycles. The van der Waals surface area contributed by atoms with E-state index in [9.17, 15) is 4.79 Å². The number of halogens is 1. The van der Waals surface area contributed by atoms with Gasteiger partial charge in [0.1, 0.15) is 0 Å². The minimum absolute atomic E-state index is 0.0900. The molecule has 0 spiro atoms. The third-order valence-electron chi connectivity index (χ3n) is 6.05. The number of benzene rings is 1. The average Bonchev–Trinajstić information content (AvgIpc) is 2.45. The number of hydrogen-bond donors (Lipinski definition) is 0. The zero-order valence-electron chi connectivity index (χ0n) is 13.2. The fourth-order valence-electron chi connectivity index (χ4n) is 5.73. The lowest BCUT2D eigenvalue weighted by atomic mass is 9.49. The molecule has 0 radical (unpaired) electrons. The van der Waals surface area contributed by atoms with Crippen molar-refractivity contribution in [2.45, 2.75) is 49.9 Å². The highest BCUT2D eigenvalue weighted by Crippen LogP contribution is 2.64. The van der Waals surface area contributed by atoms with Crippen LogP contribution in [0.4, 0.5) is 0 Å². The first-order valence-corrected chi connectivity index (χ1v) is 8.84. The largest absolute Gasteiger partial charge is 0.341 e. The lowest BCUT2D eigenvalue weighted by Gasteiger charge is -2.59. The summed E-state index contributed by atoms with van der Waals surface area (Å²) in [7, 11) is 1.95. The highest BCUT2D eigenvalue weighted by atomic mass is 35.5. The number of nitrogens with zero attached hydrogens (tertiary/aromatic N) is 1. The van der Waals surface area contributed by atoms with Crippen molar-refractivity contribution >= 4 is 17.5 Å². The van der Waals surface area contributed by atoms with Crippen molar-refractivity contribution in [1.29, 1.82) is 0 Å². The lowest BCUT2D eigenvalue weighted by Crippen LogP contribution is -2.58. The molecule has 4 aliphatic rings. The fraction of sp³-hybridized carbons (Fsp3) is 0.632. The summed E-state index contributed by atoms with van der Waals surface area (Å²) in [4.78, 5) is 15.1. The van der Waals surface area contributed by atoms with E-state index >= 15 is 0 Å². The zero-order valence-corrected chi connectivity index (χ0v) is 14.0.